The lowest BCUT2D eigenvalue weighted by atomic mass is 9.87. The lowest BCUT2D eigenvalue weighted by Gasteiger charge is -2.22. The molecule has 2 aliphatic carbocycles. The van der Waals surface area contributed by atoms with E-state index in [0.29, 0.717) is 50.8 Å². The fourth-order valence-electron chi connectivity index (χ4n) is 7.96. The van der Waals surface area contributed by atoms with Gasteiger partial charge in [-0.25, -0.2) is 19.9 Å². The monoisotopic (exact) mass is 889 g/mol. The zero-order chi connectivity index (χ0) is 41.7. The molecule has 1 amide bonds. The number of rotatable bonds is 8. The third kappa shape index (κ3) is 8.44. The summed E-state index contributed by atoms with van der Waals surface area (Å²) < 4.78 is 37.1. The van der Waals surface area contributed by atoms with Gasteiger partial charge >= 0.3 is 12.1 Å². The molecular formula is C41H34F3N7O5S4. The molecule has 6 heterocycles. The lowest BCUT2D eigenvalue weighted by Crippen LogP contribution is -2.35. The molecule has 12 nitrogen and oxygen atoms in total. The molecule has 2 aromatic carbocycles. The van der Waals surface area contributed by atoms with Gasteiger partial charge in [0.2, 0.25) is 5.91 Å². The van der Waals surface area contributed by atoms with E-state index < -0.39 is 25.1 Å². The molecule has 0 spiro atoms. The Kier molecular flexibility index (Phi) is 11.0. The fraction of sp³-hybridized carbons (Fsp3) is 0.317. The third-order valence-electron chi connectivity index (χ3n) is 10.9. The van der Waals surface area contributed by atoms with Crippen LogP contribution in [0.4, 0.5) is 36.2 Å². The average Bonchev–Trinajstić information content (AvgIpc) is 3.98. The Bertz CT molecular complexity index is 2740. The van der Waals surface area contributed by atoms with Crippen molar-refractivity contribution in [2.24, 2.45) is 11.8 Å². The van der Waals surface area contributed by atoms with E-state index >= 15 is 0 Å². The molecule has 4 aromatic heterocycles. The van der Waals surface area contributed by atoms with Gasteiger partial charge in [0.1, 0.15) is 34.0 Å². The molecule has 4 N–H and O–H groups in total. The van der Waals surface area contributed by atoms with Crippen molar-refractivity contribution in [2.75, 3.05) is 17.2 Å². The zero-order valence-electron chi connectivity index (χ0n) is 31.5. The molecule has 2 aliphatic heterocycles. The second-order valence-electron chi connectivity index (χ2n) is 14.9. The second kappa shape index (κ2) is 16.4. The van der Waals surface area contributed by atoms with E-state index in [-0.39, 0.29) is 28.0 Å². The quantitative estimate of drug-likeness (QED) is 0.114. The summed E-state index contributed by atoms with van der Waals surface area (Å²) in [6, 6.07) is 11.7. The minimum atomic E-state index is -4.28. The molecular weight excluding hydrogens is 856 g/mol. The molecule has 308 valence electrons. The Hall–Kier alpha value is -5.11. The number of thiophene rings is 2. The van der Waals surface area contributed by atoms with Crippen molar-refractivity contribution in [1.82, 2.24) is 25.3 Å². The van der Waals surface area contributed by atoms with E-state index in [1.807, 2.05) is 36.4 Å². The number of benzene rings is 2. The van der Waals surface area contributed by atoms with Crippen LogP contribution in [-0.4, -0.2) is 59.9 Å². The van der Waals surface area contributed by atoms with Crippen LogP contribution in [0.3, 0.4) is 0 Å². The normalized spacial score (nSPS) is 18.0. The number of amides is 1. The van der Waals surface area contributed by atoms with Crippen molar-refractivity contribution >= 4 is 112 Å². The summed E-state index contributed by atoms with van der Waals surface area (Å²) >= 11 is 5.58. The Morgan fingerprint density at radius 2 is 1.23 bits per heavy atom. The number of fused-ring (bicyclic) bond motifs is 8. The van der Waals surface area contributed by atoms with Crippen LogP contribution in [0.1, 0.15) is 51.3 Å². The van der Waals surface area contributed by atoms with Crippen LogP contribution in [0.2, 0.25) is 0 Å². The Morgan fingerprint density at radius 3 is 1.73 bits per heavy atom. The van der Waals surface area contributed by atoms with Crippen molar-refractivity contribution < 1.29 is 37.5 Å². The number of carbonyl (C=O) groups is 4. The number of aryl methyl sites for hydroxylation is 2. The highest BCUT2D eigenvalue weighted by Gasteiger charge is 2.32. The predicted molar refractivity (Wildman–Crippen MR) is 226 cm³/mol. The molecule has 0 saturated carbocycles. The first-order valence-electron chi connectivity index (χ1n) is 19.1. The molecule has 0 fully saturated rings. The highest BCUT2D eigenvalue weighted by atomic mass is 32.2. The summed E-state index contributed by atoms with van der Waals surface area (Å²) in [5.74, 6) is -0.333. The van der Waals surface area contributed by atoms with Crippen LogP contribution >= 0.6 is 46.2 Å². The van der Waals surface area contributed by atoms with Crippen LogP contribution in [0.15, 0.2) is 58.8 Å². The number of alkyl halides is 3. The maximum Gasteiger partial charge on any atom is 0.390 e. The topological polar surface area (TPSA) is 176 Å². The van der Waals surface area contributed by atoms with Crippen molar-refractivity contribution in [3.05, 3.63) is 81.1 Å². The number of hydrogen-bond acceptors (Lipinski definition) is 14. The van der Waals surface area contributed by atoms with E-state index in [2.05, 4.69) is 35.9 Å². The zero-order valence-corrected chi connectivity index (χ0v) is 34.7. The third-order valence-corrected chi connectivity index (χ3v) is 15.2. The first-order chi connectivity index (χ1) is 28.8. The standard InChI is InChI=1S/C22H19F3N4O2S2.C19H15N3O3S2/c23-22(24,25)5-6-26-20(31)12-2-4-14-16(7-12)33-21-18(14)19(27-10-28-21)29-13-3-1-11-8-17(30)32-15(11)9-13;23-15-6-9-1-3-11(7-13(9)26-15)22-17-16-12-4-2-10(19(24)25)5-14(12)27-18(16)21-8-20-17/h1,3,9-10,12H,2,4-8H2,(H,26,31)(H,27,28,29);1,3,7-8,10H,2,4-6H2,(H,24,25)(H,20,21,22). The van der Waals surface area contributed by atoms with Gasteiger partial charge in [0.25, 0.3) is 0 Å². The van der Waals surface area contributed by atoms with Crippen LogP contribution in [0.5, 0.6) is 0 Å². The molecule has 2 atom stereocenters. The van der Waals surface area contributed by atoms with Gasteiger partial charge in [-0.3, -0.25) is 19.2 Å². The van der Waals surface area contributed by atoms with Crippen molar-refractivity contribution in [3.63, 3.8) is 0 Å². The SMILES string of the molecule is O=C1Cc2ccc(Nc3ncnc4sc5c(c34)CCC(C(=O)NCCC(F)(F)F)C5)cc2S1.O=C1Cc2ccc(Nc3ncnc4sc5c(c34)CCC(C(=O)O)C5)cc2S1. The number of nitrogens with one attached hydrogen (secondary N) is 3. The first kappa shape index (κ1) is 40.3. The summed E-state index contributed by atoms with van der Waals surface area (Å²) in [7, 11) is 0. The number of carboxylic acids is 1. The van der Waals surface area contributed by atoms with Crippen LogP contribution in [-0.2, 0) is 57.7 Å². The maximum atomic E-state index is 12.4. The Balaban J connectivity index is 0.000000157. The van der Waals surface area contributed by atoms with Gasteiger partial charge in [0.05, 0.1) is 23.1 Å². The fourth-order valence-corrected chi connectivity index (χ4v) is 12.4. The summed E-state index contributed by atoms with van der Waals surface area (Å²) in [4.78, 5) is 70.5. The number of carbonyl (C=O) groups excluding carboxylic acids is 3. The highest BCUT2D eigenvalue weighted by molar-refractivity contribution is 8.14. The van der Waals surface area contributed by atoms with Gasteiger partial charge in [-0.15, -0.1) is 22.7 Å². The van der Waals surface area contributed by atoms with E-state index in [1.54, 1.807) is 11.3 Å². The number of thioether (sulfide) groups is 2. The molecule has 4 aliphatic rings. The molecule has 6 aromatic rings. The van der Waals surface area contributed by atoms with Crippen LogP contribution in [0, 0.1) is 11.8 Å². The Labute approximate surface area is 356 Å². The molecule has 0 saturated heterocycles. The van der Waals surface area contributed by atoms with Gasteiger partial charge < -0.3 is 21.1 Å². The number of nitrogens with zero attached hydrogens (tertiary/aromatic N) is 4. The number of anilines is 4. The van der Waals surface area contributed by atoms with Crippen LogP contribution < -0.4 is 16.0 Å². The van der Waals surface area contributed by atoms with Crippen molar-refractivity contribution in [2.45, 2.75) is 73.8 Å². The highest BCUT2D eigenvalue weighted by Crippen LogP contribution is 2.43. The summed E-state index contributed by atoms with van der Waals surface area (Å²) in [6.07, 6.45) is 2.23. The number of halogens is 3. The minimum absolute atomic E-state index is 0.135. The molecule has 2 unspecified atom stereocenters. The molecule has 0 bridgehead atoms. The minimum Gasteiger partial charge on any atom is -0.481 e. The summed E-state index contributed by atoms with van der Waals surface area (Å²) in [5, 5.41) is 20.7. The molecule has 0 radical (unpaired) electrons. The largest absolute Gasteiger partial charge is 0.481 e. The van der Waals surface area contributed by atoms with Crippen molar-refractivity contribution in [1.29, 1.82) is 0 Å². The average molecular weight is 890 g/mol. The van der Waals surface area contributed by atoms with Gasteiger partial charge in [-0.05, 0) is 85.0 Å². The molecule has 60 heavy (non-hydrogen) atoms. The summed E-state index contributed by atoms with van der Waals surface area (Å²) in [6.45, 7) is -0.400. The van der Waals surface area contributed by atoms with Crippen LogP contribution in [0.25, 0.3) is 20.4 Å². The maximum absolute atomic E-state index is 12.4. The number of aromatic nitrogens is 4. The molecule has 19 heteroatoms. The Morgan fingerprint density at radius 1 is 0.733 bits per heavy atom. The number of hydrogen-bond donors (Lipinski definition) is 4. The van der Waals surface area contributed by atoms with Gasteiger partial charge in [-0.1, -0.05) is 35.7 Å². The van der Waals surface area contributed by atoms with Gasteiger partial charge in [0, 0.05) is 56.2 Å². The predicted octanol–water partition coefficient (Wildman–Crippen LogP) is 8.58. The summed E-state index contributed by atoms with van der Waals surface area (Å²) in [5.41, 5.74) is 6.06. The number of carboxylic acid groups (broad SMARTS) is 1. The molecule has 10 rings (SSSR count). The van der Waals surface area contributed by atoms with E-state index in [9.17, 15) is 37.5 Å². The smallest absolute Gasteiger partial charge is 0.390 e. The van der Waals surface area contributed by atoms with Crippen molar-refractivity contribution in [3.8, 4) is 0 Å². The first-order valence-corrected chi connectivity index (χ1v) is 22.4. The van der Waals surface area contributed by atoms with Gasteiger partial charge in [0.15, 0.2) is 10.2 Å². The van der Waals surface area contributed by atoms with E-state index in [0.717, 1.165) is 80.3 Å². The number of aliphatic carboxylic acids is 1. The second-order valence-corrected chi connectivity index (χ2v) is 19.2. The van der Waals surface area contributed by atoms with Gasteiger partial charge in [-0.2, -0.15) is 13.2 Å². The van der Waals surface area contributed by atoms with E-state index in [1.165, 1.54) is 53.1 Å². The van der Waals surface area contributed by atoms with E-state index in [4.69, 9.17) is 0 Å². The lowest BCUT2D eigenvalue weighted by molar-refractivity contribution is -0.142.